The van der Waals surface area contributed by atoms with Gasteiger partial charge in [0, 0.05) is 6.92 Å². The minimum Gasteiger partial charge on any atom is -0.480 e. The molecule has 0 saturated carbocycles. The molecule has 0 spiro atoms. The Bertz CT molecular complexity index is 187. The van der Waals surface area contributed by atoms with E-state index < -0.39 is 12.0 Å². The first kappa shape index (κ1) is 12.2. The molecule has 1 amide bonds. The topological polar surface area (TPSA) is 92.4 Å². The molecule has 0 heterocycles. The summed E-state index contributed by atoms with van der Waals surface area (Å²) in [7, 11) is 0. The summed E-state index contributed by atoms with van der Waals surface area (Å²) in [5.41, 5.74) is 5.26. The van der Waals surface area contributed by atoms with Crippen molar-refractivity contribution in [3.05, 3.63) is 0 Å². The van der Waals surface area contributed by atoms with E-state index in [2.05, 4.69) is 5.32 Å². The molecule has 0 aliphatic heterocycles. The third kappa shape index (κ3) is 7.61. The van der Waals surface area contributed by atoms with Gasteiger partial charge in [0.1, 0.15) is 6.04 Å². The molecule has 0 rings (SSSR count). The van der Waals surface area contributed by atoms with Crippen LogP contribution >= 0.6 is 11.8 Å². The standard InChI is InChI=1S/C7H14N2O3S/c1-5(10)9-4-13-3-2-6(8)7(11)12/h6H,2-4,8H2,1H3,(H,9,10)(H,11,12)/t6-/m0/s1. The van der Waals surface area contributed by atoms with Gasteiger partial charge in [-0.1, -0.05) is 0 Å². The van der Waals surface area contributed by atoms with Crippen LogP contribution < -0.4 is 11.1 Å². The van der Waals surface area contributed by atoms with Crippen LogP contribution in [-0.4, -0.2) is 34.7 Å². The zero-order chi connectivity index (χ0) is 10.3. The number of thioether (sulfide) groups is 1. The van der Waals surface area contributed by atoms with Gasteiger partial charge in [0.15, 0.2) is 0 Å². The van der Waals surface area contributed by atoms with Crippen molar-refractivity contribution < 1.29 is 14.7 Å². The summed E-state index contributed by atoms with van der Waals surface area (Å²) in [4.78, 5) is 20.7. The van der Waals surface area contributed by atoms with Crippen molar-refractivity contribution in [1.29, 1.82) is 0 Å². The summed E-state index contributed by atoms with van der Waals surface area (Å²) in [6, 6.07) is -0.801. The molecule has 4 N–H and O–H groups in total. The van der Waals surface area contributed by atoms with Crippen LogP contribution in [0.25, 0.3) is 0 Å². The predicted molar refractivity (Wildman–Crippen MR) is 51.4 cm³/mol. The van der Waals surface area contributed by atoms with Crippen molar-refractivity contribution in [3.63, 3.8) is 0 Å². The van der Waals surface area contributed by atoms with Gasteiger partial charge in [0.25, 0.3) is 0 Å². The molecule has 0 aliphatic carbocycles. The molecule has 6 heteroatoms. The minimum absolute atomic E-state index is 0.0879. The summed E-state index contributed by atoms with van der Waals surface area (Å²) in [6.45, 7) is 1.43. The molecule has 0 fully saturated rings. The Balaban J connectivity index is 3.26. The fourth-order valence-electron chi connectivity index (χ4n) is 0.559. The van der Waals surface area contributed by atoms with E-state index in [-0.39, 0.29) is 5.91 Å². The first-order chi connectivity index (χ1) is 6.04. The van der Waals surface area contributed by atoms with Gasteiger partial charge >= 0.3 is 5.97 Å². The van der Waals surface area contributed by atoms with Gasteiger partial charge in [-0.2, -0.15) is 0 Å². The number of carbonyl (C=O) groups is 2. The van der Waals surface area contributed by atoms with Gasteiger partial charge in [0.2, 0.25) is 5.91 Å². The van der Waals surface area contributed by atoms with Crippen molar-refractivity contribution in [2.75, 3.05) is 11.6 Å². The van der Waals surface area contributed by atoms with Crippen molar-refractivity contribution in [2.24, 2.45) is 5.73 Å². The Labute approximate surface area is 81.1 Å². The Hall–Kier alpha value is -0.750. The average Bonchev–Trinajstić information content (AvgIpc) is 2.02. The van der Waals surface area contributed by atoms with Crippen LogP contribution in [0.3, 0.4) is 0 Å². The molecule has 0 aromatic rings. The number of amides is 1. The molecule has 0 aliphatic rings. The highest BCUT2D eigenvalue weighted by Gasteiger charge is 2.09. The van der Waals surface area contributed by atoms with E-state index in [1.807, 2.05) is 0 Å². The molecule has 0 saturated heterocycles. The maximum absolute atomic E-state index is 10.4. The summed E-state index contributed by atoms with van der Waals surface area (Å²) >= 11 is 1.45. The Morgan fingerprint density at radius 3 is 2.69 bits per heavy atom. The van der Waals surface area contributed by atoms with Crippen molar-refractivity contribution in [3.8, 4) is 0 Å². The Morgan fingerprint density at radius 2 is 2.23 bits per heavy atom. The Morgan fingerprint density at radius 1 is 1.62 bits per heavy atom. The van der Waals surface area contributed by atoms with Crippen LogP contribution in [0.5, 0.6) is 0 Å². The quantitative estimate of drug-likeness (QED) is 0.407. The molecule has 0 bridgehead atoms. The molecular weight excluding hydrogens is 192 g/mol. The fraction of sp³-hybridized carbons (Fsp3) is 0.714. The second kappa shape index (κ2) is 6.73. The second-order valence-electron chi connectivity index (χ2n) is 2.52. The normalized spacial score (nSPS) is 12.2. The van der Waals surface area contributed by atoms with Gasteiger partial charge in [0.05, 0.1) is 5.88 Å². The number of hydrogen-bond acceptors (Lipinski definition) is 4. The predicted octanol–water partition coefficient (Wildman–Crippen LogP) is -0.385. The van der Waals surface area contributed by atoms with Crippen LogP contribution in [-0.2, 0) is 9.59 Å². The average molecular weight is 206 g/mol. The largest absolute Gasteiger partial charge is 0.480 e. The van der Waals surface area contributed by atoms with Crippen LogP contribution in [0.15, 0.2) is 0 Å². The number of nitrogens with two attached hydrogens (primary N) is 1. The van der Waals surface area contributed by atoms with Crippen LogP contribution in [0, 0.1) is 0 Å². The lowest BCUT2D eigenvalue weighted by molar-refractivity contribution is -0.138. The highest BCUT2D eigenvalue weighted by molar-refractivity contribution is 7.99. The van der Waals surface area contributed by atoms with E-state index in [0.717, 1.165) is 0 Å². The van der Waals surface area contributed by atoms with Gasteiger partial charge < -0.3 is 16.2 Å². The molecule has 76 valence electrons. The number of carbonyl (C=O) groups excluding carboxylic acids is 1. The van der Waals surface area contributed by atoms with E-state index in [9.17, 15) is 9.59 Å². The maximum atomic E-state index is 10.4. The van der Waals surface area contributed by atoms with Crippen LogP contribution in [0.4, 0.5) is 0 Å². The molecule has 0 aromatic heterocycles. The number of aliphatic carboxylic acids is 1. The maximum Gasteiger partial charge on any atom is 0.320 e. The number of hydrogen-bond donors (Lipinski definition) is 3. The smallest absolute Gasteiger partial charge is 0.320 e. The Kier molecular flexibility index (Phi) is 6.34. The van der Waals surface area contributed by atoms with Gasteiger partial charge in [-0.25, -0.2) is 0 Å². The van der Waals surface area contributed by atoms with Crippen molar-refractivity contribution >= 4 is 23.6 Å². The first-order valence-corrected chi connectivity index (χ1v) is 5.00. The molecular formula is C7H14N2O3S. The SMILES string of the molecule is CC(=O)NCSCC[C@H](N)C(=O)O. The number of nitrogens with one attached hydrogen (secondary N) is 1. The number of rotatable bonds is 6. The summed E-state index contributed by atoms with van der Waals surface area (Å²) in [5, 5.41) is 11.0. The monoisotopic (exact) mass is 206 g/mol. The van der Waals surface area contributed by atoms with E-state index >= 15 is 0 Å². The fourth-order valence-corrected chi connectivity index (χ4v) is 1.43. The lowest BCUT2D eigenvalue weighted by Crippen LogP contribution is -2.30. The third-order valence-corrected chi connectivity index (χ3v) is 2.19. The van der Waals surface area contributed by atoms with E-state index in [1.54, 1.807) is 0 Å². The first-order valence-electron chi connectivity index (χ1n) is 3.84. The second-order valence-corrected chi connectivity index (χ2v) is 3.62. The molecule has 1 atom stereocenters. The van der Waals surface area contributed by atoms with E-state index in [1.165, 1.54) is 18.7 Å². The number of carboxylic acid groups (broad SMARTS) is 1. The molecule has 5 nitrogen and oxygen atoms in total. The van der Waals surface area contributed by atoms with E-state index in [0.29, 0.717) is 18.1 Å². The van der Waals surface area contributed by atoms with Gasteiger partial charge in [-0.3, -0.25) is 9.59 Å². The lowest BCUT2D eigenvalue weighted by atomic mass is 10.2. The van der Waals surface area contributed by atoms with Crippen molar-refractivity contribution in [2.45, 2.75) is 19.4 Å². The van der Waals surface area contributed by atoms with Gasteiger partial charge in [-0.05, 0) is 12.2 Å². The third-order valence-electron chi connectivity index (χ3n) is 1.31. The molecule has 0 radical (unpaired) electrons. The van der Waals surface area contributed by atoms with Crippen LogP contribution in [0.1, 0.15) is 13.3 Å². The van der Waals surface area contributed by atoms with Crippen molar-refractivity contribution in [1.82, 2.24) is 5.32 Å². The molecule has 0 aromatic carbocycles. The minimum atomic E-state index is -0.986. The summed E-state index contributed by atoms with van der Waals surface area (Å²) in [6.07, 6.45) is 0.416. The molecule has 13 heavy (non-hydrogen) atoms. The lowest BCUT2D eigenvalue weighted by Gasteiger charge is -2.05. The van der Waals surface area contributed by atoms with E-state index in [4.69, 9.17) is 10.8 Å². The summed E-state index contributed by atoms with van der Waals surface area (Å²) < 4.78 is 0. The highest BCUT2D eigenvalue weighted by Crippen LogP contribution is 2.01. The highest BCUT2D eigenvalue weighted by atomic mass is 32.2. The van der Waals surface area contributed by atoms with Crippen LogP contribution in [0.2, 0.25) is 0 Å². The zero-order valence-electron chi connectivity index (χ0n) is 7.45. The zero-order valence-corrected chi connectivity index (χ0v) is 8.26. The van der Waals surface area contributed by atoms with Gasteiger partial charge in [-0.15, -0.1) is 11.8 Å². The summed E-state index contributed by atoms with van der Waals surface area (Å²) in [5.74, 6) is 0.0604. The number of carboxylic acids is 1. The molecule has 0 unspecified atom stereocenters.